The lowest BCUT2D eigenvalue weighted by Gasteiger charge is -2.28. The molecule has 178 valence electrons. The minimum atomic E-state index is -0.169. The van der Waals surface area contributed by atoms with Crippen molar-refractivity contribution in [2.24, 2.45) is 7.05 Å². The minimum absolute atomic E-state index is 0. The average molecular weight is 461 g/mol. The molecule has 1 N–H and O–H groups in total. The molecule has 0 aliphatic rings. The quantitative estimate of drug-likeness (QED) is 0.437. The van der Waals surface area contributed by atoms with Crippen molar-refractivity contribution < 1.29 is 11.0 Å². The molecule has 1 aromatic carbocycles. The summed E-state index contributed by atoms with van der Waals surface area (Å²) in [5.41, 5.74) is 4.55. The maximum atomic E-state index is 13.4. The third-order valence-electron chi connectivity index (χ3n) is 6.07. The van der Waals surface area contributed by atoms with Crippen molar-refractivity contribution in [1.29, 1.82) is 0 Å². The Hall–Kier alpha value is -3.94. The number of hydrogen-bond acceptors (Lipinski definition) is 4. The third kappa shape index (κ3) is 5.01. The zero-order chi connectivity index (χ0) is 24.2. The van der Waals surface area contributed by atoms with E-state index in [0.717, 1.165) is 17.0 Å². The lowest BCUT2D eigenvalue weighted by atomic mass is 10.0. The molecular weight excluding hydrogens is 428 g/mol. The van der Waals surface area contributed by atoms with E-state index in [9.17, 15) is 9.59 Å². The average Bonchev–Trinajstić information content (AvgIpc) is 3.44. The summed E-state index contributed by atoms with van der Waals surface area (Å²) in [6.45, 7) is 4.32. The first-order valence-electron chi connectivity index (χ1n) is 11.4. The van der Waals surface area contributed by atoms with E-state index in [-0.39, 0.29) is 19.3 Å². The van der Waals surface area contributed by atoms with Crippen molar-refractivity contribution in [3.63, 3.8) is 0 Å². The summed E-state index contributed by atoms with van der Waals surface area (Å²) >= 11 is 0. The van der Waals surface area contributed by atoms with Crippen LogP contribution in [0.25, 0.3) is 5.65 Å². The molecule has 8 nitrogen and oxygen atoms in total. The number of nitrogens with one attached hydrogen (secondary N) is 1. The van der Waals surface area contributed by atoms with Gasteiger partial charge in [0.2, 0.25) is 0 Å². The number of carbonyl (C=O) groups excluding carboxylic acids is 2. The number of aromatic nitrogens is 4. The molecule has 1 atom stereocenters. The molecule has 4 aromatic rings. The van der Waals surface area contributed by atoms with E-state index in [2.05, 4.69) is 27.5 Å². The van der Waals surface area contributed by atoms with E-state index in [1.807, 2.05) is 57.4 Å². The predicted molar refractivity (Wildman–Crippen MR) is 133 cm³/mol. The highest BCUT2D eigenvalue weighted by Gasteiger charge is 2.24. The molecule has 3 heterocycles. The smallest absolute Gasteiger partial charge is 0.274 e. The molecule has 0 bridgehead atoms. The zero-order valence-corrected chi connectivity index (χ0v) is 20.0. The summed E-state index contributed by atoms with van der Waals surface area (Å²) in [6, 6.07) is 17.2. The number of amides is 2. The van der Waals surface area contributed by atoms with Gasteiger partial charge in [0, 0.05) is 51.8 Å². The van der Waals surface area contributed by atoms with Gasteiger partial charge in [-0.3, -0.25) is 9.59 Å². The van der Waals surface area contributed by atoms with Gasteiger partial charge in [0.05, 0.1) is 0 Å². The Morgan fingerprint density at radius 1 is 1.12 bits per heavy atom. The number of aryl methyl sites for hydroxylation is 3. The van der Waals surface area contributed by atoms with Crippen molar-refractivity contribution in [2.75, 3.05) is 13.6 Å². The number of hydrogen-bond donors (Lipinski definition) is 1. The molecule has 2 amide bonds. The number of nitrogens with zero attached hydrogens (tertiary/aromatic N) is 5. The fraction of sp³-hybridized carbons (Fsp3) is 0.308. The Balaban J connectivity index is 0.00000342. The van der Waals surface area contributed by atoms with Crippen molar-refractivity contribution in [3.8, 4) is 0 Å². The van der Waals surface area contributed by atoms with E-state index in [1.54, 1.807) is 33.2 Å². The van der Waals surface area contributed by atoms with Gasteiger partial charge in [0.1, 0.15) is 5.69 Å². The largest absolute Gasteiger partial charge is 0.351 e. The molecule has 0 saturated heterocycles. The fourth-order valence-electron chi connectivity index (χ4n) is 4.20. The summed E-state index contributed by atoms with van der Waals surface area (Å²) in [5, 5.41) is 7.49. The van der Waals surface area contributed by atoms with Crippen molar-refractivity contribution in [3.05, 3.63) is 89.1 Å². The maximum absolute atomic E-state index is 13.4. The zero-order valence-electron chi connectivity index (χ0n) is 20.0. The monoisotopic (exact) mass is 460 g/mol. The first kappa shape index (κ1) is 23.2. The molecule has 0 unspecified atom stereocenters. The maximum Gasteiger partial charge on any atom is 0.274 e. The Kier molecular flexibility index (Phi) is 6.77. The van der Waals surface area contributed by atoms with Gasteiger partial charge in [0.15, 0.2) is 11.3 Å². The summed E-state index contributed by atoms with van der Waals surface area (Å²) in [5.74, 6) is -0.297. The molecule has 0 aliphatic heterocycles. The summed E-state index contributed by atoms with van der Waals surface area (Å²) in [7, 11) is 3.64. The van der Waals surface area contributed by atoms with Gasteiger partial charge in [-0.15, -0.1) is 0 Å². The second kappa shape index (κ2) is 9.91. The van der Waals surface area contributed by atoms with Gasteiger partial charge in [-0.25, -0.2) is 9.50 Å². The standard InChI is InChI=1S/C26H30N6O2.H2/c1-18-15-19(2)32-24(28-18)17-22(29-32)26(34)31(4)21(16-20-9-6-5-7-10-20)12-13-27-25(33)23-11-8-14-30(23)3;/h5-11,14-15,17,21H,12-13,16H2,1-4H3,(H,27,33);1H/t21-;/m1./s1. The first-order valence-corrected chi connectivity index (χ1v) is 11.4. The number of benzene rings is 1. The van der Waals surface area contributed by atoms with Crippen molar-refractivity contribution in [2.45, 2.75) is 32.7 Å². The van der Waals surface area contributed by atoms with Crippen LogP contribution in [-0.2, 0) is 13.5 Å². The molecule has 3 aromatic heterocycles. The van der Waals surface area contributed by atoms with Crippen LogP contribution in [0, 0.1) is 13.8 Å². The molecular formula is C26H32N6O2. The van der Waals surface area contributed by atoms with Crippen LogP contribution in [0.4, 0.5) is 0 Å². The molecule has 8 heteroatoms. The minimum Gasteiger partial charge on any atom is -0.351 e. The van der Waals surface area contributed by atoms with Crippen LogP contribution in [0.15, 0.2) is 60.8 Å². The highest BCUT2D eigenvalue weighted by atomic mass is 16.2. The van der Waals surface area contributed by atoms with Gasteiger partial charge in [-0.1, -0.05) is 30.3 Å². The van der Waals surface area contributed by atoms with Crippen molar-refractivity contribution >= 4 is 17.5 Å². The van der Waals surface area contributed by atoms with Crippen LogP contribution in [0.1, 0.15) is 45.8 Å². The Labute approximate surface area is 200 Å². The summed E-state index contributed by atoms with van der Waals surface area (Å²) < 4.78 is 3.48. The SMILES string of the molecule is Cc1cc(C)n2nc(C(=O)N(C)[C@H](CCNC(=O)c3cccn3C)Cc3ccccc3)cc2n1.[HH]. The Morgan fingerprint density at radius 3 is 2.59 bits per heavy atom. The first-order chi connectivity index (χ1) is 16.3. The second-order valence-electron chi connectivity index (χ2n) is 8.65. The topological polar surface area (TPSA) is 84.5 Å². The van der Waals surface area contributed by atoms with Crippen LogP contribution in [0.5, 0.6) is 0 Å². The Bertz CT molecular complexity index is 1310. The van der Waals surface area contributed by atoms with Gasteiger partial charge in [0.25, 0.3) is 11.8 Å². The van der Waals surface area contributed by atoms with Crippen LogP contribution in [0.2, 0.25) is 0 Å². The van der Waals surface area contributed by atoms with E-state index < -0.39 is 0 Å². The summed E-state index contributed by atoms with van der Waals surface area (Å²) in [6.07, 6.45) is 3.12. The Morgan fingerprint density at radius 2 is 1.88 bits per heavy atom. The lowest BCUT2D eigenvalue weighted by Crippen LogP contribution is -2.41. The van der Waals surface area contributed by atoms with E-state index in [4.69, 9.17) is 0 Å². The number of carbonyl (C=O) groups is 2. The molecule has 34 heavy (non-hydrogen) atoms. The lowest BCUT2D eigenvalue weighted by molar-refractivity contribution is 0.0716. The highest BCUT2D eigenvalue weighted by Crippen LogP contribution is 2.16. The number of fused-ring (bicyclic) bond motifs is 1. The number of rotatable bonds is 8. The molecule has 0 fully saturated rings. The van der Waals surface area contributed by atoms with Gasteiger partial charge >= 0.3 is 0 Å². The van der Waals surface area contributed by atoms with Crippen LogP contribution in [0.3, 0.4) is 0 Å². The predicted octanol–water partition coefficient (Wildman–Crippen LogP) is 3.43. The highest BCUT2D eigenvalue weighted by molar-refractivity contribution is 5.93. The van der Waals surface area contributed by atoms with Crippen LogP contribution < -0.4 is 5.32 Å². The van der Waals surface area contributed by atoms with Gasteiger partial charge in [-0.05, 0) is 50.5 Å². The van der Waals surface area contributed by atoms with Crippen LogP contribution >= 0.6 is 0 Å². The molecule has 0 saturated carbocycles. The van der Waals surface area contributed by atoms with Gasteiger partial charge in [-0.2, -0.15) is 5.10 Å². The summed E-state index contributed by atoms with van der Waals surface area (Å²) in [4.78, 5) is 32.1. The number of likely N-dealkylation sites (N-methyl/N-ethyl adjacent to an activating group) is 1. The van der Waals surface area contributed by atoms with Crippen molar-refractivity contribution in [1.82, 2.24) is 29.4 Å². The van der Waals surface area contributed by atoms with Gasteiger partial charge < -0.3 is 14.8 Å². The van der Waals surface area contributed by atoms with Crippen LogP contribution in [-0.4, -0.2) is 55.5 Å². The molecule has 0 spiro atoms. The molecule has 4 rings (SSSR count). The molecule has 0 aliphatic carbocycles. The van der Waals surface area contributed by atoms with E-state index >= 15 is 0 Å². The van der Waals surface area contributed by atoms with E-state index in [0.29, 0.717) is 36.4 Å². The van der Waals surface area contributed by atoms with E-state index in [1.165, 1.54) is 0 Å². The third-order valence-corrected chi connectivity index (χ3v) is 6.07. The second-order valence-corrected chi connectivity index (χ2v) is 8.65. The molecule has 0 radical (unpaired) electrons. The fourth-order valence-corrected chi connectivity index (χ4v) is 4.20. The normalized spacial score (nSPS) is 12.0.